The molecule has 0 spiro atoms. The van der Waals surface area contributed by atoms with E-state index in [2.05, 4.69) is 41.1 Å². The number of amidine groups is 1. The van der Waals surface area contributed by atoms with E-state index in [9.17, 15) is 19.2 Å². The molecule has 50 heavy (non-hydrogen) atoms. The lowest BCUT2D eigenvalue weighted by Crippen LogP contribution is -2.29. The van der Waals surface area contributed by atoms with E-state index in [0.717, 1.165) is 16.8 Å². The molecule has 3 aromatic heterocycles. The first kappa shape index (κ1) is 37.6. The average molecular weight is 726 g/mol. The molecule has 0 saturated heterocycles. The number of alkyl halides is 2. The molecule has 0 aliphatic rings. The lowest BCUT2D eigenvalue weighted by Gasteiger charge is -2.27. The summed E-state index contributed by atoms with van der Waals surface area (Å²) in [6, 6.07) is 3.63. The van der Waals surface area contributed by atoms with Crippen molar-refractivity contribution in [1.29, 1.82) is 5.41 Å². The van der Waals surface area contributed by atoms with E-state index in [0.29, 0.717) is 64.2 Å². The number of amides is 4. The van der Waals surface area contributed by atoms with Crippen LogP contribution in [0.4, 0.5) is 22.7 Å². The summed E-state index contributed by atoms with van der Waals surface area (Å²) in [6.07, 6.45) is 4.80. The Morgan fingerprint density at radius 1 is 0.700 bits per heavy atom. The van der Waals surface area contributed by atoms with Gasteiger partial charge in [0.25, 0.3) is 23.6 Å². The number of carbonyl (C=O) groups excluding carboxylic acids is 4. The molecule has 266 valence electrons. The van der Waals surface area contributed by atoms with E-state index in [4.69, 9.17) is 34.3 Å². The number of aromatic amines is 3. The Labute approximate surface area is 299 Å². The normalized spacial score (nSPS) is 10.9. The zero-order valence-corrected chi connectivity index (χ0v) is 30.1. The van der Waals surface area contributed by atoms with Gasteiger partial charge in [-0.1, -0.05) is 0 Å². The average Bonchev–Trinajstić information content (AvgIpc) is 3.72. The van der Waals surface area contributed by atoms with Crippen molar-refractivity contribution < 1.29 is 19.2 Å². The summed E-state index contributed by atoms with van der Waals surface area (Å²) in [6.45, 7) is 10.4. The molecule has 0 fully saturated rings. The van der Waals surface area contributed by atoms with E-state index in [1.54, 1.807) is 27.0 Å². The van der Waals surface area contributed by atoms with Gasteiger partial charge in [0, 0.05) is 84.3 Å². The summed E-state index contributed by atoms with van der Waals surface area (Å²) in [7, 11) is 0. The second-order valence-electron chi connectivity index (χ2n) is 11.8. The maximum Gasteiger partial charge on any atom is 0.272 e. The van der Waals surface area contributed by atoms with Crippen LogP contribution in [-0.2, 0) is 0 Å². The third-order valence-corrected chi connectivity index (χ3v) is 8.64. The van der Waals surface area contributed by atoms with Crippen LogP contribution >= 0.6 is 23.2 Å². The molecule has 4 rings (SSSR count). The molecule has 0 bridgehead atoms. The van der Waals surface area contributed by atoms with Crippen molar-refractivity contribution in [1.82, 2.24) is 20.3 Å². The Morgan fingerprint density at radius 3 is 1.50 bits per heavy atom. The molecule has 0 saturated carbocycles. The minimum absolute atomic E-state index is 0.0343. The number of nitrogens with one attached hydrogen (secondary N) is 8. The highest BCUT2D eigenvalue weighted by molar-refractivity contribution is 6.18. The maximum absolute atomic E-state index is 13.3. The molecule has 10 N–H and O–H groups in total. The lowest BCUT2D eigenvalue weighted by molar-refractivity contribution is 0.0947. The van der Waals surface area contributed by atoms with Gasteiger partial charge in [-0.3, -0.25) is 24.6 Å². The number of anilines is 4. The van der Waals surface area contributed by atoms with Crippen molar-refractivity contribution in [3.8, 4) is 0 Å². The highest BCUT2D eigenvalue weighted by Crippen LogP contribution is 2.29. The van der Waals surface area contributed by atoms with Gasteiger partial charge in [-0.2, -0.15) is 0 Å². The minimum atomic E-state index is -0.473. The highest BCUT2D eigenvalue weighted by Gasteiger charge is 2.22. The van der Waals surface area contributed by atoms with E-state index in [1.165, 1.54) is 12.4 Å². The first-order valence-electron chi connectivity index (χ1n) is 15.8. The number of H-pyrrole nitrogens is 3. The Kier molecular flexibility index (Phi) is 12.4. The number of halogens is 2. The summed E-state index contributed by atoms with van der Waals surface area (Å²) in [5, 5.41) is 18.4. The molecule has 3 heterocycles. The van der Waals surface area contributed by atoms with E-state index < -0.39 is 11.8 Å². The van der Waals surface area contributed by atoms with Crippen molar-refractivity contribution in [2.75, 3.05) is 52.2 Å². The Morgan fingerprint density at radius 2 is 1.10 bits per heavy atom. The molecule has 14 nitrogen and oxygen atoms in total. The van der Waals surface area contributed by atoms with Crippen LogP contribution in [0.3, 0.4) is 0 Å². The maximum atomic E-state index is 13.3. The molecule has 0 radical (unpaired) electrons. The number of benzene rings is 1. The quantitative estimate of drug-likeness (QED) is 0.0449. The molecule has 0 aliphatic heterocycles. The predicted molar refractivity (Wildman–Crippen MR) is 199 cm³/mol. The number of aromatic nitrogens is 3. The van der Waals surface area contributed by atoms with Crippen molar-refractivity contribution in [3.05, 3.63) is 81.2 Å². The van der Waals surface area contributed by atoms with Crippen molar-refractivity contribution in [3.63, 3.8) is 0 Å². The molecule has 0 aliphatic carbocycles. The van der Waals surface area contributed by atoms with E-state index >= 15 is 0 Å². The van der Waals surface area contributed by atoms with Crippen LogP contribution in [0.15, 0.2) is 30.7 Å². The summed E-state index contributed by atoms with van der Waals surface area (Å²) in [5.74, 6) is -0.789. The van der Waals surface area contributed by atoms with Crippen LogP contribution in [0.5, 0.6) is 0 Å². The number of nitrogens with zero attached hydrogens (tertiary/aromatic N) is 1. The first-order chi connectivity index (χ1) is 23.8. The summed E-state index contributed by atoms with van der Waals surface area (Å²) in [5.41, 5.74) is 12.2. The molecule has 4 amide bonds. The van der Waals surface area contributed by atoms with Crippen LogP contribution in [0.2, 0.25) is 0 Å². The lowest BCUT2D eigenvalue weighted by atomic mass is 10.0. The number of hydrogen-bond acceptors (Lipinski definition) is 6. The van der Waals surface area contributed by atoms with Gasteiger partial charge in [0.2, 0.25) is 0 Å². The predicted octanol–water partition coefficient (Wildman–Crippen LogP) is 5.31. The number of rotatable bonds is 15. The van der Waals surface area contributed by atoms with E-state index in [-0.39, 0.29) is 47.7 Å². The first-order valence-corrected chi connectivity index (χ1v) is 16.9. The number of carbonyl (C=O) groups is 4. The zero-order chi connectivity index (χ0) is 36.7. The standard InChI is InChI=1S/C34H42Cl2N10O4/c1-17-12-22(13-18(2)30(17)46(10-7-35)11-8-36)31(47)43-23-14-41-28(20(23)4)33(49)45-25-16-42-29(21(25)5)34(50)44-24-15-40-27(19(24)3)32(48)39-9-6-26(37)38/h12-16,40-42H,6-11H2,1-5H3,(H3,37,38)(H,39,48)(H,43,47)(H,44,50)(H,45,49). The fraction of sp³-hybridized carbons (Fsp3) is 0.324. The van der Waals surface area contributed by atoms with Crippen LogP contribution < -0.4 is 31.9 Å². The van der Waals surface area contributed by atoms with Crippen LogP contribution in [-0.4, -0.2) is 75.8 Å². The van der Waals surface area contributed by atoms with Crippen molar-refractivity contribution >= 4 is 75.4 Å². The molecular weight excluding hydrogens is 683 g/mol. The van der Waals surface area contributed by atoms with Crippen LogP contribution in [0.1, 0.15) is 76.1 Å². The zero-order valence-electron chi connectivity index (χ0n) is 28.5. The van der Waals surface area contributed by atoms with Gasteiger partial charge in [0.05, 0.1) is 22.9 Å². The Bertz CT molecular complexity index is 1900. The van der Waals surface area contributed by atoms with Crippen molar-refractivity contribution in [2.24, 2.45) is 5.73 Å². The SMILES string of the molecule is Cc1cc(C(=O)Nc2c[nH]c(C(=O)Nc3c[nH]c(C(=O)Nc4c[nH]c(C(=O)NCCC(=N)N)c4C)c3C)c2C)cc(C)c1N(CCCl)CCCl. The van der Waals surface area contributed by atoms with Gasteiger partial charge in [-0.25, -0.2) is 0 Å². The third-order valence-electron chi connectivity index (χ3n) is 8.30. The van der Waals surface area contributed by atoms with Gasteiger partial charge in [0.1, 0.15) is 17.1 Å². The second kappa shape index (κ2) is 16.5. The Balaban J connectivity index is 1.41. The van der Waals surface area contributed by atoms with Gasteiger partial charge in [-0.05, 0) is 57.9 Å². The third kappa shape index (κ3) is 8.50. The highest BCUT2D eigenvalue weighted by atomic mass is 35.5. The van der Waals surface area contributed by atoms with Gasteiger partial charge in [0.15, 0.2) is 0 Å². The van der Waals surface area contributed by atoms with Gasteiger partial charge in [-0.15, -0.1) is 23.2 Å². The molecule has 1 aromatic carbocycles. The smallest absolute Gasteiger partial charge is 0.272 e. The molecule has 0 atom stereocenters. The Hall–Kier alpha value is -5.21. The topological polar surface area (TPSA) is 217 Å². The second-order valence-corrected chi connectivity index (χ2v) is 12.6. The van der Waals surface area contributed by atoms with Gasteiger partial charge < -0.3 is 46.9 Å². The van der Waals surface area contributed by atoms with Crippen LogP contribution in [0.25, 0.3) is 0 Å². The fourth-order valence-corrected chi connectivity index (χ4v) is 6.08. The summed E-state index contributed by atoms with van der Waals surface area (Å²) in [4.78, 5) is 63.0. The molecule has 16 heteroatoms. The summed E-state index contributed by atoms with van der Waals surface area (Å²) >= 11 is 12.0. The summed E-state index contributed by atoms with van der Waals surface area (Å²) < 4.78 is 0. The minimum Gasteiger partial charge on any atom is -0.388 e. The molecular formula is C34H42Cl2N10O4. The largest absolute Gasteiger partial charge is 0.388 e. The fourth-order valence-electron chi connectivity index (χ4n) is 5.67. The van der Waals surface area contributed by atoms with E-state index in [1.807, 2.05) is 26.0 Å². The monoisotopic (exact) mass is 724 g/mol. The number of nitrogens with two attached hydrogens (primary N) is 1. The number of aryl methyl sites for hydroxylation is 2. The van der Waals surface area contributed by atoms with Crippen molar-refractivity contribution in [2.45, 2.75) is 41.0 Å². The van der Waals surface area contributed by atoms with Gasteiger partial charge >= 0.3 is 0 Å². The molecule has 0 unspecified atom stereocenters. The molecule has 4 aromatic rings. The number of hydrogen-bond donors (Lipinski definition) is 9. The van der Waals surface area contributed by atoms with Crippen LogP contribution in [0, 0.1) is 40.0 Å².